The Kier molecular flexibility index (Phi) is 11.0. The van der Waals surface area contributed by atoms with Crippen molar-refractivity contribution in [3.05, 3.63) is 104 Å². The molecule has 0 atom stereocenters. The van der Waals surface area contributed by atoms with Gasteiger partial charge in [-0.3, -0.25) is 9.69 Å². The predicted octanol–water partition coefficient (Wildman–Crippen LogP) is 9.61. The number of carbonyl (C=O) groups excluding carboxylic acids is 1. The number of esters is 1. The molecular formula is C36H37ClF3NO5. The van der Waals surface area contributed by atoms with Crippen LogP contribution >= 0.6 is 11.6 Å². The fourth-order valence-corrected chi connectivity index (χ4v) is 5.27. The molecular weight excluding hydrogens is 619 g/mol. The lowest BCUT2D eigenvalue weighted by Crippen LogP contribution is -2.31. The van der Waals surface area contributed by atoms with Crippen molar-refractivity contribution in [2.24, 2.45) is 11.8 Å². The van der Waals surface area contributed by atoms with E-state index in [2.05, 4.69) is 0 Å². The number of aryl methyl sites for hydroxylation is 2. The molecule has 1 heterocycles. The highest BCUT2D eigenvalue weighted by Crippen LogP contribution is 2.40. The topological polar surface area (TPSA) is 69.0 Å². The van der Waals surface area contributed by atoms with Gasteiger partial charge in [0.05, 0.1) is 10.9 Å². The molecule has 4 aromatic rings. The Balaban J connectivity index is 1.88. The molecule has 4 rings (SSSR count). The van der Waals surface area contributed by atoms with E-state index < -0.39 is 29.1 Å². The maximum atomic E-state index is 14.5. The third-order valence-corrected chi connectivity index (χ3v) is 7.52. The van der Waals surface area contributed by atoms with Crippen molar-refractivity contribution in [1.82, 2.24) is 4.90 Å². The smallest absolute Gasteiger partial charge is 0.449 e. The number of nitrogens with zero attached hydrogens (tertiary/aromatic N) is 1. The Morgan fingerprint density at radius 1 is 0.978 bits per heavy atom. The van der Waals surface area contributed by atoms with Crippen molar-refractivity contribution in [1.29, 1.82) is 0 Å². The summed E-state index contributed by atoms with van der Waals surface area (Å²) in [4.78, 5) is 28.7. The van der Waals surface area contributed by atoms with Crippen LogP contribution in [-0.2, 0) is 17.5 Å². The Labute approximate surface area is 271 Å². The van der Waals surface area contributed by atoms with Crippen LogP contribution in [0.15, 0.2) is 69.9 Å². The van der Waals surface area contributed by atoms with Crippen molar-refractivity contribution < 1.29 is 31.9 Å². The zero-order valence-corrected chi connectivity index (χ0v) is 27.4. The van der Waals surface area contributed by atoms with Crippen LogP contribution in [0.5, 0.6) is 17.2 Å². The fraction of sp³-hybridized carbons (Fsp3) is 0.333. The number of ether oxygens (including phenoxy) is 2. The Bertz CT molecular complexity index is 1800. The second kappa shape index (κ2) is 14.6. The zero-order valence-electron chi connectivity index (χ0n) is 26.6. The first-order valence-corrected chi connectivity index (χ1v) is 15.3. The van der Waals surface area contributed by atoms with Gasteiger partial charge in [-0.25, -0.2) is 4.79 Å². The van der Waals surface area contributed by atoms with Crippen molar-refractivity contribution in [2.75, 3.05) is 13.1 Å². The van der Waals surface area contributed by atoms with Crippen LogP contribution in [-0.4, -0.2) is 24.0 Å². The highest BCUT2D eigenvalue weighted by Gasteiger charge is 2.41. The van der Waals surface area contributed by atoms with E-state index in [9.17, 15) is 22.8 Å². The van der Waals surface area contributed by atoms with E-state index in [0.717, 1.165) is 11.1 Å². The first kappa shape index (κ1) is 34.8. The molecule has 0 aliphatic rings. The van der Waals surface area contributed by atoms with E-state index in [1.807, 2.05) is 39.5 Å². The quantitative estimate of drug-likeness (QED) is 0.0911. The van der Waals surface area contributed by atoms with Gasteiger partial charge in [0.2, 0.25) is 11.2 Å². The minimum Gasteiger partial charge on any atom is -0.449 e. The molecule has 0 fully saturated rings. The third-order valence-electron chi connectivity index (χ3n) is 7.18. The summed E-state index contributed by atoms with van der Waals surface area (Å²) in [5.74, 6) is -2.86. The van der Waals surface area contributed by atoms with Gasteiger partial charge in [-0.1, -0.05) is 63.6 Å². The number of alkyl halides is 3. The highest BCUT2D eigenvalue weighted by atomic mass is 35.5. The monoisotopic (exact) mass is 655 g/mol. The minimum absolute atomic E-state index is 0.0297. The van der Waals surface area contributed by atoms with Crippen LogP contribution < -0.4 is 14.9 Å². The third kappa shape index (κ3) is 8.59. The molecule has 0 spiro atoms. The average molecular weight is 656 g/mol. The number of halogens is 4. The summed E-state index contributed by atoms with van der Waals surface area (Å²) >= 11 is 6.19. The van der Waals surface area contributed by atoms with Gasteiger partial charge >= 0.3 is 12.1 Å². The first-order valence-electron chi connectivity index (χ1n) is 15.0. The van der Waals surface area contributed by atoms with Crippen molar-refractivity contribution in [3.8, 4) is 17.2 Å². The van der Waals surface area contributed by atoms with Crippen LogP contribution in [0.1, 0.15) is 55.7 Å². The average Bonchev–Trinajstić information content (AvgIpc) is 2.95. The molecule has 0 N–H and O–H groups in total. The molecule has 0 unspecified atom stereocenters. The minimum atomic E-state index is -5.07. The van der Waals surface area contributed by atoms with E-state index in [0.29, 0.717) is 23.7 Å². The number of fused-ring (bicyclic) bond motifs is 1. The molecule has 6 nitrogen and oxygen atoms in total. The molecule has 3 aromatic carbocycles. The van der Waals surface area contributed by atoms with E-state index in [-0.39, 0.29) is 46.4 Å². The summed E-state index contributed by atoms with van der Waals surface area (Å²) in [6.07, 6.45) is -2.42. The maximum absolute atomic E-state index is 14.5. The Morgan fingerprint density at radius 3 is 2.26 bits per heavy atom. The molecule has 0 amide bonds. The van der Waals surface area contributed by atoms with Gasteiger partial charge in [0.25, 0.3) is 5.76 Å². The van der Waals surface area contributed by atoms with Gasteiger partial charge < -0.3 is 13.9 Å². The molecule has 0 aliphatic heterocycles. The molecule has 0 radical (unpaired) electrons. The van der Waals surface area contributed by atoms with Crippen molar-refractivity contribution >= 4 is 34.6 Å². The normalized spacial score (nSPS) is 12.2. The van der Waals surface area contributed by atoms with E-state index in [1.54, 1.807) is 43.3 Å². The van der Waals surface area contributed by atoms with E-state index in [4.69, 9.17) is 25.5 Å². The SMILES string of the molecule is Cc1ccc(Oc2c(C(F)(F)F)oc3c(CN(CC(C)C)CC(C)C)c(OC(=O)/C=C/c4ccccc4Cl)ccc3c2=O)cc1C. The summed E-state index contributed by atoms with van der Waals surface area (Å²) in [5, 5.41) is 0.290. The predicted molar refractivity (Wildman–Crippen MR) is 175 cm³/mol. The Morgan fingerprint density at radius 2 is 1.65 bits per heavy atom. The van der Waals surface area contributed by atoms with Crippen molar-refractivity contribution in [2.45, 2.75) is 54.3 Å². The molecule has 0 bridgehead atoms. The number of rotatable bonds is 11. The lowest BCUT2D eigenvalue weighted by atomic mass is 10.1. The van der Waals surface area contributed by atoms with Gasteiger partial charge in [0.1, 0.15) is 17.1 Å². The highest BCUT2D eigenvalue weighted by molar-refractivity contribution is 6.32. The van der Waals surface area contributed by atoms with Crippen LogP contribution in [0.4, 0.5) is 13.2 Å². The maximum Gasteiger partial charge on any atom is 0.453 e. The number of benzene rings is 3. The summed E-state index contributed by atoms with van der Waals surface area (Å²) in [5.41, 5.74) is 1.08. The Hall–Kier alpha value is -4.08. The summed E-state index contributed by atoms with van der Waals surface area (Å²) in [7, 11) is 0. The van der Waals surface area contributed by atoms with Crippen LogP contribution in [0.3, 0.4) is 0 Å². The summed E-state index contributed by atoms with van der Waals surface area (Å²) < 4.78 is 60.4. The molecule has 46 heavy (non-hydrogen) atoms. The zero-order chi connectivity index (χ0) is 33.8. The van der Waals surface area contributed by atoms with Gasteiger partial charge in [-0.15, -0.1) is 0 Å². The van der Waals surface area contributed by atoms with E-state index >= 15 is 0 Å². The summed E-state index contributed by atoms with van der Waals surface area (Å²) in [6.45, 7) is 13.0. The lowest BCUT2D eigenvalue weighted by Gasteiger charge is -2.27. The molecule has 0 saturated carbocycles. The van der Waals surface area contributed by atoms with Crippen LogP contribution in [0.25, 0.3) is 17.0 Å². The number of hydrogen-bond donors (Lipinski definition) is 0. The molecule has 244 valence electrons. The molecule has 0 saturated heterocycles. The molecule has 10 heteroatoms. The standard InChI is InChI=1S/C36H37ClF3NO5/c1-21(2)18-41(19-22(3)4)20-28-30(45-31(42)16-12-25-9-7-8-10-29(25)37)15-14-27-32(43)34(35(36(38,39)40)46-33(27)28)44-26-13-11-23(5)24(6)17-26/h7-17,21-22H,18-20H2,1-6H3/b16-12+. The fourth-order valence-electron chi connectivity index (χ4n) is 5.07. The summed E-state index contributed by atoms with van der Waals surface area (Å²) in [6, 6.07) is 14.3. The van der Waals surface area contributed by atoms with Crippen LogP contribution in [0.2, 0.25) is 5.02 Å². The van der Waals surface area contributed by atoms with Gasteiger partial charge in [0.15, 0.2) is 0 Å². The van der Waals surface area contributed by atoms with Gasteiger partial charge in [0, 0.05) is 30.7 Å². The lowest BCUT2D eigenvalue weighted by molar-refractivity contribution is -0.154. The molecule has 0 aliphatic carbocycles. The second-order valence-electron chi connectivity index (χ2n) is 12.1. The first-order chi connectivity index (χ1) is 21.6. The molecule has 1 aromatic heterocycles. The van der Waals surface area contributed by atoms with Gasteiger partial charge in [-0.2, -0.15) is 13.2 Å². The second-order valence-corrected chi connectivity index (χ2v) is 12.5. The van der Waals surface area contributed by atoms with Crippen molar-refractivity contribution in [3.63, 3.8) is 0 Å². The van der Waals surface area contributed by atoms with E-state index in [1.165, 1.54) is 30.4 Å². The van der Waals surface area contributed by atoms with Gasteiger partial charge in [-0.05, 0) is 78.8 Å². The van der Waals surface area contributed by atoms with Crippen LogP contribution in [0, 0.1) is 25.7 Å². The number of carbonyl (C=O) groups is 1. The largest absolute Gasteiger partial charge is 0.453 e. The number of hydrogen-bond acceptors (Lipinski definition) is 6.